The van der Waals surface area contributed by atoms with Crippen molar-refractivity contribution in [1.82, 2.24) is 5.16 Å². The topological polar surface area (TPSA) is 61.3 Å². The minimum atomic E-state index is -4.35. The third-order valence-corrected chi connectivity index (χ3v) is 2.15. The molecule has 0 fully saturated rings. The van der Waals surface area contributed by atoms with E-state index in [0.29, 0.717) is 11.4 Å². The van der Waals surface area contributed by atoms with Crippen LogP contribution in [-0.2, 0) is 12.8 Å². The first-order valence-corrected chi connectivity index (χ1v) is 4.96. The van der Waals surface area contributed by atoms with Gasteiger partial charge in [-0.3, -0.25) is 0 Å². The van der Waals surface area contributed by atoms with Crippen molar-refractivity contribution >= 4 is 5.88 Å². The minimum Gasteiger partial charge on any atom is -0.487 e. The largest absolute Gasteiger partial charge is 0.487 e. The summed E-state index contributed by atoms with van der Waals surface area (Å²) in [5, 5.41) is 3.58. The molecule has 2 rings (SSSR count). The van der Waals surface area contributed by atoms with Crippen molar-refractivity contribution in [2.45, 2.75) is 12.8 Å². The number of nitrogens with two attached hydrogens (primary N) is 1. The summed E-state index contributed by atoms with van der Waals surface area (Å²) in [6, 6.07) is 5.86. The van der Waals surface area contributed by atoms with Crippen LogP contribution in [0.4, 0.5) is 19.1 Å². The molecule has 1 heterocycles. The zero-order valence-electron chi connectivity index (χ0n) is 9.07. The summed E-state index contributed by atoms with van der Waals surface area (Å²) >= 11 is 0. The zero-order chi connectivity index (χ0) is 13.2. The van der Waals surface area contributed by atoms with Crippen molar-refractivity contribution in [3.05, 3.63) is 41.6 Å². The lowest BCUT2D eigenvalue weighted by Crippen LogP contribution is -2.04. The van der Waals surface area contributed by atoms with Crippen LogP contribution in [-0.4, -0.2) is 5.16 Å². The Morgan fingerprint density at radius 1 is 1.22 bits per heavy atom. The van der Waals surface area contributed by atoms with Crippen LogP contribution in [0.15, 0.2) is 34.9 Å². The Kier molecular flexibility index (Phi) is 3.14. The van der Waals surface area contributed by atoms with Gasteiger partial charge in [0, 0.05) is 6.07 Å². The molecule has 1 aromatic heterocycles. The monoisotopic (exact) mass is 258 g/mol. The molecule has 0 aliphatic rings. The Labute approximate surface area is 100 Å². The summed E-state index contributed by atoms with van der Waals surface area (Å²) in [6.07, 6.45) is -4.35. The van der Waals surface area contributed by atoms with Crippen molar-refractivity contribution in [3.63, 3.8) is 0 Å². The Morgan fingerprint density at radius 2 is 1.89 bits per heavy atom. The molecule has 2 N–H and O–H groups in total. The van der Waals surface area contributed by atoms with Crippen LogP contribution in [0.2, 0.25) is 0 Å². The van der Waals surface area contributed by atoms with Gasteiger partial charge in [-0.05, 0) is 24.3 Å². The fourth-order valence-corrected chi connectivity index (χ4v) is 1.29. The van der Waals surface area contributed by atoms with Gasteiger partial charge in [0.1, 0.15) is 18.1 Å². The fourth-order valence-electron chi connectivity index (χ4n) is 1.29. The van der Waals surface area contributed by atoms with Gasteiger partial charge < -0.3 is 15.0 Å². The molecule has 0 aliphatic heterocycles. The number of hydrogen-bond acceptors (Lipinski definition) is 4. The average molecular weight is 258 g/mol. The van der Waals surface area contributed by atoms with Crippen molar-refractivity contribution < 1.29 is 22.4 Å². The second kappa shape index (κ2) is 4.59. The van der Waals surface area contributed by atoms with Gasteiger partial charge in [-0.2, -0.15) is 13.2 Å². The Hall–Kier alpha value is -2.18. The first kappa shape index (κ1) is 12.3. The summed E-state index contributed by atoms with van der Waals surface area (Å²) in [5.74, 6) is 0.464. The zero-order valence-corrected chi connectivity index (χ0v) is 9.07. The Morgan fingerprint density at radius 3 is 2.39 bits per heavy atom. The number of aromatic nitrogens is 1. The molecule has 96 valence electrons. The van der Waals surface area contributed by atoms with E-state index in [9.17, 15) is 13.2 Å². The molecular formula is C11H9F3N2O2. The summed E-state index contributed by atoms with van der Waals surface area (Å²) in [6.45, 7) is 0.0755. The van der Waals surface area contributed by atoms with Crippen LogP contribution in [0.1, 0.15) is 11.3 Å². The quantitative estimate of drug-likeness (QED) is 0.919. The van der Waals surface area contributed by atoms with Gasteiger partial charge >= 0.3 is 6.18 Å². The van der Waals surface area contributed by atoms with E-state index in [1.54, 1.807) is 0 Å². The van der Waals surface area contributed by atoms with Crippen LogP contribution in [0.5, 0.6) is 5.75 Å². The van der Waals surface area contributed by atoms with Crippen molar-refractivity contribution in [2.24, 2.45) is 0 Å². The number of nitrogen functional groups attached to an aromatic ring is 1. The fraction of sp³-hybridized carbons (Fsp3) is 0.182. The molecule has 0 bridgehead atoms. The summed E-state index contributed by atoms with van der Waals surface area (Å²) in [5.41, 5.74) is 5.05. The minimum absolute atomic E-state index is 0.0755. The van der Waals surface area contributed by atoms with Crippen molar-refractivity contribution in [3.8, 4) is 5.75 Å². The SMILES string of the molecule is Nc1cc(COc2ccc(C(F)(F)F)cc2)no1. The van der Waals surface area contributed by atoms with E-state index in [2.05, 4.69) is 9.68 Å². The van der Waals surface area contributed by atoms with Gasteiger partial charge in [-0.25, -0.2) is 0 Å². The molecular weight excluding hydrogens is 249 g/mol. The Balaban J connectivity index is 1.98. The Bertz CT molecular complexity index is 520. The lowest BCUT2D eigenvalue weighted by molar-refractivity contribution is -0.137. The molecule has 0 saturated heterocycles. The number of alkyl halides is 3. The first-order valence-electron chi connectivity index (χ1n) is 4.96. The average Bonchev–Trinajstić information content (AvgIpc) is 2.72. The molecule has 7 heteroatoms. The second-order valence-electron chi connectivity index (χ2n) is 3.53. The molecule has 0 saturated carbocycles. The highest BCUT2D eigenvalue weighted by molar-refractivity contribution is 5.29. The molecule has 0 amide bonds. The van der Waals surface area contributed by atoms with E-state index >= 15 is 0 Å². The maximum Gasteiger partial charge on any atom is 0.416 e. The van der Waals surface area contributed by atoms with E-state index in [0.717, 1.165) is 12.1 Å². The molecule has 1 aromatic carbocycles. The second-order valence-corrected chi connectivity index (χ2v) is 3.53. The molecule has 0 spiro atoms. The molecule has 0 aliphatic carbocycles. The maximum atomic E-state index is 12.3. The van der Waals surface area contributed by atoms with E-state index in [1.165, 1.54) is 18.2 Å². The van der Waals surface area contributed by atoms with Crippen LogP contribution in [0.25, 0.3) is 0 Å². The highest BCUT2D eigenvalue weighted by atomic mass is 19.4. The van der Waals surface area contributed by atoms with Crippen molar-refractivity contribution in [1.29, 1.82) is 0 Å². The van der Waals surface area contributed by atoms with E-state index < -0.39 is 11.7 Å². The highest BCUT2D eigenvalue weighted by Crippen LogP contribution is 2.30. The molecule has 18 heavy (non-hydrogen) atoms. The normalized spacial score (nSPS) is 11.5. The van der Waals surface area contributed by atoms with Gasteiger partial charge in [0.05, 0.1) is 5.56 Å². The lowest BCUT2D eigenvalue weighted by atomic mass is 10.2. The van der Waals surface area contributed by atoms with Gasteiger partial charge in [-0.15, -0.1) is 0 Å². The first-order chi connectivity index (χ1) is 8.45. The number of nitrogens with zero attached hydrogens (tertiary/aromatic N) is 1. The van der Waals surface area contributed by atoms with E-state index in [4.69, 9.17) is 10.5 Å². The standard InChI is InChI=1S/C11H9F3N2O2/c12-11(13,14)7-1-3-9(4-2-7)17-6-8-5-10(15)18-16-8/h1-5H,6,15H2. The maximum absolute atomic E-state index is 12.3. The summed E-state index contributed by atoms with van der Waals surface area (Å²) < 4.78 is 46.7. The van der Waals surface area contributed by atoms with Crippen molar-refractivity contribution in [2.75, 3.05) is 5.73 Å². The van der Waals surface area contributed by atoms with Gasteiger partial charge in [0.2, 0.25) is 5.88 Å². The number of rotatable bonds is 3. The number of ether oxygens (including phenoxy) is 1. The summed E-state index contributed by atoms with van der Waals surface area (Å²) in [4.78, 5) is 0. The van der Waals surface area contributed by atoms with Gasteiger partial charge in [-0.1, -0.05) is 5.16 Å². The predicted octanol–water partition coefficient (Wildman–Crippen LogP) is 2.85. The number of halogens is 3. The van der Waals surface area contributed by atoms with Crippen LogP contribution in [0.3, 0.4) is 0 Å². The predicted molar refractivity (Wildman–Crippen MR) is 56.7 cm³/mol. The van der Waals surface area contributed by atoms with Crippen LogP contribution < -0.4 is 10.5 Å². The smallest absolute Gasteiger partial charge is 0.416 e. The number of anilines is 1. The molecule has 0 unspecified atom stereocenters. The number of hydrogen-bond donors (Lipinski definition) is 1. The van der Waals surface area contributed by atoms with E-state index in [-0.39, 0.29) is 12.5 Å². The third-order valence-electron chi connectivity index (χ3n) is 2.15. The summed E-state index contributed by atoms with van der Waals surface area (Å²) in [7, 11) is 0. The lowest BCUT2D eigenvalue weighted by Gasteiger charge is -2.08. The molecule has 4 nitrogen and oxygen atoms in total. The molecule has 0 radical (unpaired) electrons. The van der Waals surface area contributed by atoms with E-state index in [1.807, 2.05) is 0 Å². The third kappa shape index (κ3) is 2.93. The van der Waals surface area contributed by atoms with Gasteiger partial charge in [0.25, 0.3) is 0 Å². The highest BCUT2D eigenvalue weighted by Gasteiger charge is 2.29. The molecule has 0 atom stereocenters. The number of benzene rings is 1. The van der Waals surface area contributed by atoms with Gasteiger partial charge in [0.15, 0.2) is 0 Å². The molecule has 2 aromatic rings. The van der Waals surface area contributed by atoms with Crippen LogP contribution in [0, 0.1) is 0 Å². The van der Waals surface area contributed by atoms with Crippen LogP contribution >= 0.6 is 0 Å².